The van der Waals surface area contributed by atoms with Crippen LogP contribution in [0.15, 0.2) is 36.4 Å². The second kappa shape index (κ2) is 10.5. The molecule has 1 atom stereocenters. The molecule has 4 rings (SSSR count). The van der Waals surface area contributed by atoms with Crippen molar-refractivity contribution in [1.29, 1.82) is 0 Å². The summed E-state index contributed by atoms with van der Waals surface area (Å²) in [5.41, 5.74) is 5.26. The van der Waals surface area contributed by atoms with Gasteiger partial charge < -0.3 is 20.1 Å². The maximum Gasteiger partial charge on any atom is 0.303 e. The van der Waals surface area contributed by atoms with Crippen LogP contribution in [-0.4, -0.2) is 41.9 Å². The van der Waals surface area contributed by atoms with Crippen molar-refractivity contribution < 1.29 is 14.6 Å². The van der Waals surface area contributed by atoms with Gasteiger partial charge in [0.25, 0.3) is 0 Å². The van der Waals surface area contributed by atoms with Gasteiger partial charge in [0.15, 0.2) is 0 Å². The third-order valence-corrected chi connectivity index (χ3v) is 7.40. The number of fused-ring (bicyclic) bond motifs is 1. The fraction of sp³-hybridized carbons (Fsp3) is 0.462. The summed E-state index contributed by atoms with van der Waals surface area (Å²) in [7, 11) is 0. The third-order valence-electron chi connectivity index (χ3n) is 6.46. The molecule has 0 radical (unpaired) electrons. The van der Waals surface area contributed by atoms with Crippen molar-refractivity contribution in [3.63, 3.8) is 0 Å². The van der Waals surface area contributed by atoms with Crippen LogP contribution in [0.1, 0.15) is 56.0 Å². The van der Waals surface area contributed by atoms with Crippen LogP contribution in [0, 0.1) is 6.92 Å². The molecule has 1 aromatic heterocycles. The van der Waals surface area contributed by atoms with E-state index in [9.17, 15) is 9.90 Å². The second-order valence-corrected chi connectivity index (χ2v) is 9.88. The largest absolute Gasteiger partial charge is 0.481 e. The molecular formula is C26H33N3O3S. The molecule has 0 bridgehead atoms. The number of carboxylic acid groups (broad SMARTS) is 1. The number of rotatable bonds is 9. The lowest BCUT2D eigenvalue weighted by Crippen LogP contribution is -2.39. The zero-order valence-corrected chi connectivity index (χ0v) is 20.5. The van der Waals surface area contributed by atoms with Gasteiger partial charge >= 0.3 is 5.97 Å². The molecule has 176 valence electrons. The van der Waals surface area contributed by atoms with Gasteiger partial charge in [0, 0.05) is 31.5 Å². The molecule has 0 amide bonds. The van der Waals surface area contributed by atoms with Crippen LogP contribution in [0.2, 0.25) is 0 Å². The lowest BCUT2D eigenvalue weighted by Gasteiger charge is -2.37. The molecule has 3 aromatic rings. The molecule has 6 nitrogen and oxygen atoms in total. The minimum absolute atomic E-state index is 0.0121. The highest BCUT2D eigenvalue weighted by Crippen LogP contribution is 2.37. The Balaban J connectivity index is 1.73. The van der Waals surface area contributed by atoms with Crippen molar-refractivity contribution in [3.8, 4) is 0 Å². The highest BCUT2D eigenvalue weighted by Gasteiger charge is 2.24. The molecule has 1 aliphatic rings. The normalized spacial score (nSPS) is 15.5. The second-order valence-electron chi connectivity index (χ2n) is 8.65. The number of carboxylic acids is 1. The standard InChI is InChI=1S/C26H33N3O3S/c1-4-18(15-26(30)31)19-6-9-24(29(5-2)21-10-12-32-13-11-21)23(14-19)28-20-7-8-22-25(16-20)33-17(3)27-22/h6-9,14,16,18,21,28H,4-5,10-13,15H2,1-3H3,(H,30,31)/t18-/m1/s1. The number of aryl methyl sites for hydroxylation is 1. The fourth-order valence-electron chi connectivity index (χ4n) is 4.76. The SMILES string of the molecule is CC[C@H](CC(=O)O)c1ccc(N(CC)C2CCOCC2)c(Nc2ccc3nc(C)sc3c2)c1. The summed E-state index contributed by atoms with van der Waals surface area (Å²) in [6.45, 7) is 8.76. The Morgan fingerprint density at radius 3 is 2.73 bits per heavy atom. The first kappa shape index (κ1) is 23.5. The number of nitrogens with zero attached hydrogens (tertiary/aromatic N) is 2. The van der Waals surface area contributed by atoms with Crippen molar-refractivity contribution in [2.75, 3.05) is 30.0 Å². The van der Waals surface area contributed by atoms with Gasteiger partial charge in [0.2, 0.25) is 0 Å². The van der Waals surface area contributed by atoms with Gasteiger partial charge in [0.1, 0.15) is 0 Å². The van der Waals surface area contributed by atoms with Gasteiger partial charge in [0.05, 0.1) is 33.0 Å². The Morgan fingerprint density at radius 1 is 1.24 bits per heavy atom. The Kier molecular flexibility index (Phi) is 7.50. The van der Waals surface area contributed by atoms with E-state index in [2.05, 4.69) is 65.4 Å². The summed E-state index contributed by atoms with van der Waals surface area (Å²) in [6, 6.07) is 13.1. The maximum atomic E-state index is 11.4. The van der Waals surface area contributed by atoms with E-state index in [1.54, 1.807) is 11.3 Å². The van der Waals surface area contributed by atoms with Crippen LogP contribution in [0.3, 0.4) is 0 Å². The number of benzene rings is 2. The number of carbonyl (C=O) groups is 1. The number of hydrogen-bond donors (Lipinski definition) is 2. The Morgan fingerprint density at radius 2 is 2.03 bits per heavy atom. The van der Waals surface area contributed by atoms with Crippen LogP contribution in [0.5, 0.6) is 0 Å². The molecule has 7 heteroatoms. The lowest BCUT2D eigenvalue weighted by atomic mass is 9.92. The number of aromatic nitrogens is 1. The van der Waals surface area contributed by atoms with Gasteiger partial charge in [-0.15, -0.1) is 11.3 Å². The van der Waals surface area contributed by atoms with E-state index in [4.69, 9.17) is 4.74 Å². The van der Waals surface area contributed by atoms with E-state index in [1.807, 2.05) is 6.92 Å². The summed E-state index contributed by atoms with van der Waals surface area (Å²) < 4.78 is 6.76. The average molecular weight is 468 g/mol. The Hall–Kier alpha value is -2.64. The first-order valence-electron chi connectivity index (χ1n) is 11.8. The van der Waals surface area contributed by atoms with Gasteiger partial charge in [-0.25, -0.2) is 4.98 Å². The van der Waals surface area contributed by atoms with Crippen molar-refractivity contribution >= 4 is 44.6 Å². The van der Waals surface area contributed by atoms with Gasteiger partial charge in [-0.1, -0.05) is 13.0 Å². The van der Waals surface area contributed by atoms with E-state index in [1.165, 1.54) is 0 Å². The van der Waals surface area contributed by atoms with E-state index in [0.29, 0.717) is 6.04 Å². The predicted octanol–water partition coefficient (Wildman–Crippen LogP) is 6.32. The molecule has 33 heavy (non-hydrogen) atoms. The maximum absolute atomic E-state index is 11.4. The first-order chi connectivity index (χ1) is 16.0. The van der Waals surface area contributed by atoms with Crippen molar-refractivity contribution in [1.82, 2.24) is 4.98 Å². The molecule has 1 fully saturated rings. The topological polar surface area (TPSA) is 74.7 Å². The molecule has 2 N–H and O–H groups in total. The summed E-state index contributed by atoms with van der Waals surface area (Å²) in [4.78, 5) is 18.5. The van der Waals surface area contributed by atoms with E-state index < -0.39 is 5.97 Å². The number of hydrogen-bond acceptors (Lipinski definition) is 6. The van der Waals surface area contributed by atoms with Crippen molar-refractivity contribution in [2.45, 2.75) is 58.4 Å². The van der Waals surface area contributed by atoms with E-state index in [-0.39, 0.29) is 12.3 Å². The molecule has 1 saturated heterocycles. The summed E-state index contributed by atoms with van der Waals surface area (Å²) >= 11 is 1.69. The van der Waals surface area contributed by atoms with Crippen molar-refractivity contribution in [2.24, 2.45) is 0 Å². The highest BCUT2D eigenvalue weighted by molar-refractivity contribution is 7.18. The van der Waals surface area contributed by atoms with E-state index in [0.717, 1.165) is 76.9 Å². The predicted molar refractivity (Wildman–Crippen MR) is 136 cm³/mol. The molecule has 2 heterocycles. The molecular weight excluding hydrogens is 434 g/mol. The monoisotopic (exact) mass is 467 g/mol. The smallest absolute Gasteiger partial charge is 0.303 e. The summed E-state index contributed by atoms with van der Waals surface area (Å²) in [5, 5.41) is 14.1. The minimum atomic E-state index is -0.760. The Bertz CT molecular complexity index is 1110. The quantitative estimate of drug-likeness (QED) is 0.383. The van der Waals surface area contributed by atoms with Gasteiger partial charge in [-0.2, -0.15) is 0 Å². The summed E-state index contributed by atoms with van der Waals surface area (Å²) in [5.74, 6) is -0.772. The molecule has 0 spiro atoms. The fourth-order valence-corrected chi connectivity index (χ4v) is 5.63. The van der Waals surface area contributed by atoms with Crippen LogP contribution in [-0.2, 0) is 9.53 Å². The van der Waals surface area contributed by atoms with Crippen molar-refractivity contribution in [3.05, 3.63) is 47.0 Å². The minimum Gasteiger partial charge on any atom is -0.481 e. The first-order valence-corrected chi connectivity index (χ1v) is 12.6. The number of nitrogens with one attached hydrogen (secondary N) is 1. The number of thiazole rings is 1. The highest BCUT2D eigenvalue weighted by atomic mass is 32.1. The lowest BCUT2D eigenvalue weighted by molar-refractivity contribution is -0.137. The zero-order chi connectivity index (χ0) is 23.4. The van der Waals surface area contributed by atoms with Crippen LogP contribution in [0.25, 0.3) is 10.2 Å². The molecule has 1 aliphatic heterocycles. The molecule has 0 aliphatic carbocycles. The van der Waals surface area contributed by atoms with Gasteiger partial charge in [-0.3, -0.25) is 4.79 Å². The number of ether oxygens (including phenoxy) is 1. The molecule has 0 saturated carbocycles. The van der Waals surface area contributed by atoms with Crippen LogP contribution < -0.4 is 10.2 Å². The third kappa shape index (κ3) is 5.47. The number of aliphatic carboxylic acids is 1. The Labute approximate surface area is 199 Å². The molecule has 0 unspecified atom stereocenters. The van der Waals surface area contributed by atoms with E-state index >= 15 is 0 Å². The zero-order valence-electron chi connectivity index (χ0n) is 19.6. The van der Waals surface area contributed by atoms with Crippen LogP contribution in [0.4, 0.5) is 17.1 Å². The average Bonchev–Trinajstić information content (AvgIpc) is 3.18. The summed E-state index contributed by atoms with van der Waals surface area (Å²) in [6.07, 6.45) is 2.95. The molecule has 2 aromatic carbocycles. The van der Waals surface area contributed by atoms with Crippen LogP contribution >= 0.6 is 11.3 Å². The number of anilines is 3. The van der Waals surface area contributed by atoms with Gasteiger partial charge in [-0.05, 0) is 74.9 Å².